The highest BCUT2D eigenvalue weighted by atomic mass is 19.1. The predicted octanol–water partition coefficient (Wildman–Crippen LogP) is 3.26. The van der Waals surface area contributed by atoms with Crippen molar-refractivity contribution in [3.63, 3.8) is 0 Å². The van der Waals surface area contributed by atoms with E-state index in [0.29, 0.717) is 34.2 Å². The van der Waals surface area contributed by atoms with Crippen molar-refractivity contribution in [1.29, 1.82) is 0 Å². The van der Waals surface area contributed by atoms with Gasteiger partial charge in [0.15, 0.2) is 0 Å². The summed E-state index contributed by atoms with van der Waals surface area (Å²) in [6.45, 7) is 2.00. The number of fused-ring (bicyclic) bond motifs is 1. The summed E-state index contributed by atoms with van der Waals surface area (Å²) < 4.78 is 25.2. The van der Waals surface area contributed by atoms with E-state index in [1.54, 1.807) is 13.1 Å². The number of nitrogens with one attached hydrogen (secondary N) is 3. The van der Waals surface area contributed by atoms with Gasteiger partial charge in [-0.2, -0.15) is 0 Å². The van der Waals surface area contributed by atoms with Crippen molar-refractivity contribution in [3.05, 3.63) is 35.5 Å². The molecule has 3 aliphatic rings. The fourth-order valence-corrected chi connectivity index (χ4v) is 5.35. The van der Waals surface area contributed by atoms with E-state index in [1.807, 2.05) is 6.92 Å². The Kier molecular flexibility index (Phi) is 7.28. The first kappa shape index (κ1) is 25.4. The van der Waals surface area contributed by atoms with Crippen molar-refractivity contribution in [1.82, 2.24) is 20.6 Å². The molecule has 10 heteroatoms. The normalized spacial score (nSPS) is 24.6. The van der Waals surface area contributed by atoms with Crippen LogP contribution in [0.1, 0.15) is 68.8 Å². The van der Waals surface area contributed by atoms with E-state index in [0.717, 1.165) is 38.5 Å². The average Bonchev–Trinajstić information content (AvgIpc) is 3.63. The molecule has 37 heavy (non-hydrogen) atoms. The monoisotopic (exact) mass is 511 g/mol. The predicted molar refractivity (Wildman–Crippen MR) is 136 cm³/mol. The molecule has 1 aromatic heterocycles. The molecule has 1 aromatic carbocycles. The van der Waals surface area contributed by atoms with Crippen LogP contribution in [0, 0.1) is 5.82 Å². The Morgan fingerprint density at radius 3 is 2.57 bits per heavy atom. The number of nitrogens with zero attached hydrogens (tertiary/aromatic N) is 2. The molecular weight excluding hydrogens is 477 g/mol. The summed E-state index contributed by atoms with van der Waals surface area (Å²) in [6.07, 6.45) is 5.19. The molecular formula is C27H34FN5O4. The first-order valence-corrected chi connectivity index (χ1v) is 13.0. The Morgan fingerprint density at radius 1 is 1.14 bits per heavy atom. The summed E-state index contributed by atoms with van der Waals surface area (Å²) in [6, 6.07) is 4.42. The van der Waals surface area contributed by atoms with Gasteiger partial charge >= 0.3 is 0 Å². The van der Waals surface area contributed by atoms with E-state index in [9.17, 15) is 14.0 Å². The molecule has 9 nitrogen and oxygen atoms in total. The highest BCUT2D eigenvalue weighted by Gasteiger charge is 2.40. The van der Waals surface area contributed by atoms with Gasteiger partial charge in [-0.05, 0) is 57.6 Å². The molecule has 0 bridgehead atoms. The third-order valence-electron chi connectivity index (χ3n) is 7.40. The van der Waals surface area contributed by atoms with Crippen molar-refractivity contribution in [2.75, 3.05) is 26.1 Å². The first-order chi connectivity index (χ1) is 17.9. The fraction of sp³-hybridized carbons (Fsp3) is 0.556. The maximum atomic E-state index is 14.2. The molecule has 2 amide bonds. The van der Waals surface area contributed by atoms with E-state index in [4.69, 9.17) is 19.4 Å². The first-order valence-electron chi connectivity index (χ1n) is 13.0. The zero-order valence-electron chi connectivity index (χ0n) is 21.5. The lowest BCUT2D eigenvalue weighted by Gasteiger charge is -2.29. The average molecular weight is 512 g/mol. The number of ether oxygens (including phenoxy) is 2. The number of anilines is 1. The molecule has 2 fully saturated rings. The van der Waals surface area contributed by atoms with Gasteiger partial charge in [0.1, 0.15) is 35.6 Å². The second-order valence-electron chi connectivity index (χ2n) is 10.2. The molecule has 2 aromatic rings. The number of carbonyl (C=O) groups is 2. The summed E-state index contributed by atoms with van der Waals surface area (Å²) in [4.78, 5) is 34.7. The quantitative estimate of drug-likeness (QED) is 0.498. The molecule has 3 N–H and O–H groups in total. The third kappa shape index (κ3) is 5.39. The van der Waals surface area contributed by atoms with E-state index in [1.165, 1.54) is 19.2 Å². The number of likely N-dealkylation sites (N-methyl/N-ethyl adjacent to an activating group) is 1. The number of hydrogen-bond acceptors (Lipinski definition) is 7. The number of methoxy groups -OCH3 is 1. The largest absolute Gasteiger partial charge is 0.490 e. The SMILES string of the molecule is CNC(=O)C1c2nc(C3CCC(NC(=O)COC)CC3)nc(-c3ccc(F)cc3OC3CC3)c2NC1C. The van der Waals surface area contributed by atoms with Gasteiger partial charge < -0.3 is 25.4 Å². The summed E-state index contributed by atoms with van der Waals surface area (Å²) in [5.74, 6) is 0.123. The van der Waals surface area contributed by atoms with Gasteiger partial charge in [-0.15, -0.1) is 0 Å². The Hall–Kier alpha value is -3.27. The molecule has 0 spiro atoms. The Morgan fingerprint density at radius 2 is 1.89 bits per heavy atom. The number of carbonyl (C=O) groups excluding carboxylic acids is 2. The molecule has 0 saturated heterocycles. The number of halogens is 1. The Labute approximate surface area is 215 Å². The van der Waals surface area contributed by atoms with Gasteiger partial charge in [-0.3, -0.25) is 9.59 Å². The van der Waals surface area contributed by atoms with E-state index in [-0.39, 0.29) is 48.3 Å². The summed E-state index contributed by atoms with van der Waals surface area (Å²) >= 11 is 0. The second-order valence-corrected chi connectivity index (χ2v) is 10.2. The summed E-state index contributed by atoms with van der Waals surface area (Å²) in [5.41, 5.74) is 2.66. The van der Waals surface area contributed by atoms with Crippen LogP contribution in [0.25, 0.3) is 11.3 Å². The Balaban J connectivity index is 1.51. The number of aromatic nitrogens is 2. The third-order valence-corrected chi connectivity index (χ3v) is 7.40. The van der Waals surface area contributed by atoms with Crippen LogP contribution in [0.2, 0.25) is 0 Å². The molecule has 1 aliphatic heterocycles. The van der Waals surface area contributed by atoms with Crippen LogP contribution in [-0.4, -0.2) is 60.7 Å². The van der Waals surface area contributed by atoms with E-state index in [2.05, 4.69) is 16.0 Å². The second kappa shape index (κ2) is 10.6. The van der Waals surface area contributed by atoms with Crippen LogP contribution < -0.4 is 20.7 Å². The van der Waals surface area contributed by atoms with E-state index < -0.39 is 5.92 Å². The van der Waals surface area contributed by atoms with Crippen molar-refractivity contribution in [3.8, 4) is 17.0 Å². The molecule has 198 valence electrons. The van der Waals surface area contributed by atoms with Gasteiger partial charge in [0.2, 0.25) is 11.8 Å². The molecule has 2 aliphatic carbocycles. The lowest BCUT2D eigenvalue weighted by molar-refractivity contribution is -0.125. The van der Waals surface area contributed by atoms with Gasteiger partial charge in [0.05, 0.1) is 17.5 Å². The van der Waals surface area contributed by atoms with Crippen LogP contribution in [-0.2, 0) is 14.3 Å². The number of benzene rings is 1. The van der Waals surface area contributed by atoms with Crippen molar-refractivity contribution in [2.24, 2.45) is 0 Å². The summed E-state index contributed by atoms with van der Waals surface area (Å²) in [7, 11) is 3.13. The molecule has 2 atom stereocenters. The zero-order chi connectivity index (χ0) is 26.1. The minimum absolute atomic E-state index is 0.0478. The smallest absolute Gasteiger partial charge is 0.246 e. The van der Waals surface area contributed by atoms with Crippen molar-refractivity contribution >= 4 is 17.5 Å². The topological polar surface area (TPSA) is 114 Å². The lowest BCUT2D eigenvalue weighted by atomic mass is 9.85. The van der Waals surface area contributed by atoms with Crippen LogP contribution in [0.15, 0.2) is 18.2 Å². The highest BCUT2D eigenvalue weighted by Crippen LogP contribution is 2.45. The lowest BCUT2D eigenvalue weighted by Crippen LogP contribution is -2.39. The standard InChI is InChI=1S/C27H34FN5O4/c1-14-22(27(35)29-2)24-25(30-14)23(19-11-6-16(28)12-20(19)37-18-9-10-18)32-26(33-24)15-4-7-17(8-5-15)31-21(34)13-36-3/h6,11-12,14-15,17-18,22,30H,4-5,7-10,13H2,1-3H3,(H,29,35)(H,31,34). The maximum absolute atomic E-state index is 14.2. The molecule has 2 heterocycles. The molecule has 2 saturated carbocycles. The van der Waals surface area contributed by atoms with Gasteiger partial charge in [-0.25, -0.2) is 14.4 Å². The highest BCUT2D eigenvalue weighted by molar-refractivity contribution is 5.92. The van der Waals surface area contributed by atoms with Gasteiger partial charge in [-0.1, -0.05) is 0 Å². The number of rotatable bonds is 8. The minimum atomic E-state index is -0.474. The fourth-order valence-electron chi connectivity index (χ4n) is 5.35. The minimum Gasteiger partial charge on any atom is -0.490 e. The van der Waals surface area contributed by atoms with Crippen LogP contribution in [0.5, 0.6) is 5.75 Å². The Bertz CT molecular complexity index is 1180. The van der Waals surface area contributed by atoms with Crippen LogP contribution in [0.4, 0.5) is 10.1 Å². The van der Waals surface area contributed by atoms with Crippen molar-refractivity contribution in [2.45, 2.75) is 75.5 Å². The van der Waals surface area contributed by atoms with Crippen LogP contribution >= 0.6 is 0 Å². The van der Waals surface area contributed by atoms with Gasteiger partial charge in [0.25, 0.3) is 0 Å². The molecule has 2 unspecified atom stereocenters. The zero-order valence-corrected chi connectivity index (χ0v) is 21.5. The van der Waals surface area contributed by atoms with Crippen LogP contribution in [0.3, 0.4) is 0 Å². The van der Waals surface area contributed by atoms with Crippen molar-refractivity contribution < 1.29 is 23.5 Å². The molecule has 0 radical (unpaired) electrons. The summed E-state index contributed by atoms with van der Waals surface area (Å²) in [5, 5.41) is 9.20. The number of hydrogen-bond donors (Lipinski definition) is 3. The molecule has 5 rings (SSSR count). The van der Waals surface area contributed by atoms with Gasteiger partial charge in [0, 0.05) is 43.8 Å². The number of amides is 2. The van der Waals surface area contributed by atoms with E-state index >= 15 is 0 Å². The maximum Gasteiger partial charge on any atom is 0.246 e.